The maximum atomic E-state index is 12.8. The zero-order valence-corrected chi connectivity index (χ0v) is 12.3. The van der Waals surface area contributed by atoms with E-state index in [-0.39, 0.29) is 17.4 Å². The van der Waals surface area contributed by atoms with Gasteiger partial charge in [-0.3, -0.25) is 14.9 Å². The van der Waals surface area contributed by atoms with Crippen molar-refractivity contribution in [1.82, 2.24) is 5.32 Å². The van der Waals surface area contributed by atoms with Crippen LogP contribution in [0.15, 0.2) is 42.5 Å². The number of carbonyl (C=O) groups is 1. The maximum absolute atomic E-state index is 12.8. The molecule has 6 nitrogen and oxygen atoms in total. The van der Waals surface area contributed by atoms with E-state index in [0.29, 0.717) is 17.7 Å². The summed E-state index contributed by atoms with van der Waals surface area (Å²) in [6, 6.07) is 7.56. The van der Waals surface area contributed by atoms with Gasteiger partial charge in [0.2, 0.25) is 0 Å². The lowest BCUT2D eigenvalue weighted by Crippen LogP contribution is -2.17. The Labute approximate surface area is 134 Å². The molecule has 1 amide bonds. The van der Waals surface area contributed by atoms with Crippen LogP contribution < -0.4 is 10.1 Å². The second-order valence-corrected chi connectivity index (χ2v) is 4.68. The first-order valence-electron chi connectivity index (χ1n) is 6.57. The minimum absolute atomic E-state index is 0.135. The molecule has 0 aliphatic heterocycles. The molecule has 0 saturated heterocycles. The summed E-state index contributed by atoms with van der Waals surface area (Å²) >= 11 is 0. The van der Waals surface area contributed by atoms with Gasteiger partial charge in [-0.1, -0.05) is 0 Å². The molecule has 2 rings (SSSR count). The second kappa shape index (κ2) is 6.57. The predicted molar refractivity (Wildman–Crippen MR) is 78.0 cm³/mol. The van der Waals surface area contributed by atoms with E-state index in [2.05, 4.69) is 5.32 Å². The Morgan fingerprint density at radius 2 is 1.75 bits per heavy atom. The van der Waals surface area contributed by atoms with Crippen molar-refractivity contribution in [3.63, 3.8) is 0 Å². The molecule has 126 valence electrons. The van der Waals surface area contributed by atoms with Crippen LogP contribution in [0.4, 0.5) is 18.9 Å². The molecular formula is C15H11F3N2O4. The Balaban J connectivity index is 2.33. The van der Waals surface area contributed by atoms with E-state index >= 15 is 0 Å². The SMILES string of the molecule is CNC(=O)c1ccc(Oc2cc([N+](=O)[O-])cc(C(F)(F)F)c2)cc1. The minimum atomic E-state index is -4.74. The molecule has 0 aliphatic rings. The van der Waals surface area contributed by atoms with E-state index in [4.69, 9.17) is 4.74 Å². The van der Waals surface area contributed by atoms with E-state index in [0.717, 1.165) is 6.07 Å². The van der Waals surface area contributed by atoms with Crippen LogP contribution in [0, 0.1) is 10.1 Å². The summed E-state index contributed by atoms with van der Waals surface area (Å²) in [5.74, 6) is -0.531. The van der Waals surface area contributed by atoms with Crippen LogP contribution >= 0.6 is 0 Å². The quantitative estimate of drug-likeness (QED) is 0.678. The van der Waals surface area contributed by atoms with Crippen molar-refractivity contribution >= 4 is 11.6 Å². The van der Waals surface area contributed by atoms with Gasteiger partial charge in [-0.05, 0) is 30.3 Å². The summed E-state index contributed by atoms with van der Waals surface area (Å²) in [7, 11) is 1.45. The smallest absolute Gasteiger partial charge is 0.416 e. The van der Waals surface area contributed by atoms with Crippen LogP contribution in [0.1, 0.15) is 15.9 Å². The Kier molecular flexibility index (Phi) is 4.72. The molecule has 0 bridgehead atoms. The molecule has 24 heavy (non-hydrogen) atoms. The number of nitro groups is 1. The molecule has 2 aromatic rings. The number of alkyl halides is 3. The van der Waals surface area contributed by atoms with Crippen molar-refractivity contribution in [3.05, 3.63) is 63.7 Å². The molecule has 9 heteroatoms. The number of nitrogens with zero attached hydrogens (tertiary/aromatic N) is 1. The molecule has 0 atom stereocenters. The molecular weight excluding hydrogens is 329 g/mol. The third-order valence-electron chi connectivity index (χ3n) is 3.01. The monoisotopic (exact) mass is 340 g/mol. The van der Waals surface area contributed by atoms with E-state index < -0.39 is 22.4 Å². The molecule has 0 fully saturated rings. The number of nitro benzene ring substituents is 1. The van der Waals surface area contributed by atoms with Crippen LogP contribution in [0.5, 0.6) is 11.5 Å². The predicted octanol–water partition coefficient (Wildman–Crippen LogP) is 3.77. The fourth-order valence-corrected chi connectivity index (χ4v) is 1.87. The van der Waals surface area contributed by atoms with Crippen molar-refractivity contribution < 1.29 is 27.6 Å². The summed E-state index contributed by atoms with van der Waals surface area (Å²) in [5.41, 5.74) is -1.59. The third-order valence-corrected chi connectivity index (χ3v) is 3.01. The van der Waals surface area contributed by atoms with Crippen molar-refractivity contribution in [2.24, 2.45) is 0 Å². The summed E-state index contributed by atoms with van der Waals surface area (Å²) in [4.78, 5) is 21.2. The number of hydrogen-bond acceptors (Lipinski definition) is 4. The zero-order valence-electron chi connectivity index (χ0n) is 12.3. The number of benzene rings is 2. The topological polar surface area (TPSA) is 81.5 Å². The number of hydrogen-bond donors (Lipinski definition) is 1. The number of non-ortho nitro benzene ring substituents is 1. The highest BCUT2D eigenvalue weighted by Gasteiger charge is 2.33. The van der Waals surface area contributed by atoms with Crippen LogP contribution in [0.3, 0.4) is 0 Å². The fraction of sp³-hybridized carbons (Fsp3) is 0.133. The Morgan fingerprint density at radius 1 is 1.12 bits per heavy atom. The maximum Gasteiger partial charge on any atom is 0.416 e. The zero-order chi connectivity index (χ0) is 17.9. The Bertz CT molecular complexity index is 773. The number of ether oxygens (including phenoxy) is 1. The van der Waals surface area contributed by atoms with Crippen molar-refractivity contribution in [2.75, 3.05) is 7.05 Å². The molecule has 0 saturated carbocycles. The Morgan fingerprint density at radius 3 is 2.25 bits per heavy atom. The van der Waals surface area contributed by atoms with Gasteiger partial charge in [0, 0.05) is 18.7 Å². The van der Waals surface area contributed by atoms with Crippen LogP contribution in [-0.4, -0.2) is 17.9 Å². The van der Waals surface area contributed by atoms with Gasteiger partial charge < -0.3 is 10.1 Å². The van der Waals surface area contributed by atoms with Gasteiger partial charge >= 0.3 is 6.18 Å². The lowest BCUT2D eigenvalue weighted by Gasteiger charge is -2.10. The summed E-state index contributed by atoms with van der Waals surface area (Å²) in [6.07, 6.45) is -4.74. The van der Waals surface area contributed by atoms with E-state index in [1.165, 1.54) is 31.3 Å². The number of carbonyl (C=O) groups excluding carboxylic acids is 1. The molecule has 0 heterocycles. The standard InChI is InChI=1S/C15H11F3N2O4/c1-19-14(21)9-2-4-12(5-3-9)24-13-7-10(15(16,17)18)6-11(8-13)20(22)23/h2-8H,1H3,(H,19,21). The first-order chi connectivity index (χ1) is 11.2. The molecule has 1 N–H and O–H groups in total. The van der Waals surface area contributed by atoms with Crippen molar-refractivity contribution in [3.8, 4) is 11.5 Å². The van der Waals surface area contributed by atoms with Gasteiger partial charge in [0.25, 0.3) is 11.6 Å². The van der Waals surface area contributed by atoms with Crippen molar-refractivity contribution in [1.29, 1.82) is 0 Å². The average molecular weight is 340 g/mol. The van der Waals surface area contributed by atoms with E-state index in [1.54, 1.807) is 0 Å². The van der Waals surface area contributed by atoms with Crippen molar-refractivity contribution in [2.45, 2.75) is 6.18 Å². The summed E-state index contributed by atoms with van der Waals surface area (Å²) < 4.78 is 43.7. The molecule has 0 aliphatic carbocycles. The Hall–Kier alpha value is -3.10. The van der Waals surface area contributed by atoms with Gasteiger partial charge in [-0.15, -0.1) is 0 Å². The van der Waals surface area contributed by atoms with E-state index in [1.807, 2.05) is 0 Å². The van der Waals surface area contributed by atoms with Gasteiger partial charge in [0.1, 0.15) is 11.5 Å². The second-order valence-electron chi connectivity index (χ2n) is 4.68. The fourth-order valence-electron chi connectivity index (χ4n) is 1.87. The largest absolute Gasteiger partial charge is 0.457 e. The van der Waals surface area contributed by atoms with Gasteiger partial charge in [-0.2, -0.15) is 13.2 Å². The summed E-state index contributed by atoms with van der Waals surface area (Å²) in [6.45, 7) is 0. The highest BCUT2D eigenvalue weighted by atomic mass is 19.4. The lowest BCUT2D eigenvalue weighted by atomic mass is 10.1. The van der Waals surface area contributed by atoms with Gasteiger partial charge in [0.15, 0.2) is 0 Å². The normalized spacial score (nSPS) is 11.0. The number of amides is 1. The number of halogens is 3. The van der Waals surface area contributed by atoms with Crippen LogP contribution in [0.2, 0.25) is 0 Å². The van der Waals surface area contributed by atoms with E-state index in [9.17, 15) is 28.1 Å². The third kappa shape index (κ3) is 4.00. The first-order valence-corrected chi connectivity index (χ1v) is 6.57. The first kappa shape index (κ1) is 17.3. The highest BCUT2D eigenvalue weighted by molar-refractivity contribution is 5.94. The summed E-state index contributed by atoms with van der Waals surface area (Å²) in [5, 5.41) is 13.2. The molecule has 2 aromatic carbocycles. The molecule has 0 aromatic heterocycles. The lowest BCUT2D eigenvalue weighted by molar-refractivity contribution is -0.385. The highest BCUT2D eigenvalue weighted by Crippen LogP contribution is 2.36. The van der Waals surface area contributed by atoms with Crippen LogP contribution in [0.25, 0.3) is 0 Å². The molecule has 0 radical (unpaired) electrons. The number of rotatable bonds is 4. The number of nitrogens with one attached hydrogen (secondary N) is 1. The van der Waals surface area contributed by atoms with Gasteiger partial charge in [0.05, 0.1) is 16.6 Å². The average Bonchev–Trinajstić information content (AvgIpc) is 2.53. The minimum Gasteiger partial charge on any atom is -0.457 e. The molecule has 0 spiro atoms. The van der Waals surface area contributed by atoms with Crippen LogP contribution in [-0.2, 0) is 6.18 Å². The molecule has 0 unspecified atom stereocenters. The van der Waals surface area contributed by atoms with Gasteiger partial charge in [-0.25, -0.2) is 0 Å².